The first kappa shape index (κ1) is 8.79. The van der Waals surface area contributed by atoms with Crippen molar-refractivity contribution in [1.82, 2.24) is 0 Å². The molecule has 1 nitrogen and oxygen atoms in total. The fraction of sp³-hybridized carbons (Fsp3) is 0.667. The highest BCUT2D eigenvalue weighted by atomic mass is 35.5. The lowest BCUT2D eigenvalue weighted by Gasteiger charge is -2.17. The topological polar surface area (TPSA) is 17.1 Å². The van der Waals surface area contributed by atoms with Crippen LogP contribution in [0.1, 0.15) is 26.2 Å². The molecule has 0 aliphatic heterocycles. The quantitative estimate of drug-likeness (QED) is 0.462. The summed E-state index contributed by atoms with van der Waals surface area (Å²) in [6.45, 7) is 2.11. The van der Waals surface area contributed by atoms with Gasteiger partial charge in [0.2, 0.25) is 0 Å². The van der Waals surface area contributed by atoms with Gasteiger partial charge in [0.25, 0.3) is 0 Å². The van der Waals surface area contributed by atoms with Gasteiger partial charge in [0.15, 0.2) is 5.78 Å². The molecule has 62 valence electrons. The zero-order chi connectivity index (χ0) is 8.27. The third-order valence-corrected chi connectivity index (χ3v) is 2.49. The van der Waals surface area contributed by atoms with Gasteiger partial charge in [-0.15, -0.1) is 11.6 Å². The summed E-state index contributed by atoms with van der Waals surface area (Å²) in [6, 6.07) is 0. The average Bonchev–Trinajstić information content (AvgIpc) is 2.05. The van der Waals surface area contributed by atoms with Gasteiger partial charge in [-0.2, -0.15) is 0 Å². The summed E-state index contributed by atoms with van der Waals surface area (Å²) in [5.41, 5.74) is 1.41. The minimum Gasteiger partial charge on any atom is -0.298 e. The van der Waals surface area contributed by atoms with Gasteiger partial charge in [-0.1, -0.05) is 11.6 Å². The van der Waals surface area contributed by atoms with Gasteiger partial charge in [0.05, 0.1) is 5.88 Å². The summed E-state index contributed by atoms with van der Waals surface area (Å²) in [6.07, 6.45) is 5.11. The Kier molecular flexibility index (Phi) is 3.13. The lowest BCUT2D eigenvalue weighted by atomic mass is 9.88. The second-order valence-corrected chi connectivity index (χ2v) is 3.39. The normalized spacial score (nSPS) is 24.5. The molecule has 0 fully saturated rings. The maximum atomic E-state index is 11.1. The van der Waals surface area contributed by atoms with Crippen molar-refractivity contribution < 1.29 is 4.79 Å². The highest BCUT2D eigenvalue weighted by Gasteiger charge is 2.18. The third kappa shape index (κ3) is 2.33. The van der Waals surface area contributed by atoms with E-state index in [1.807, 2.05) is 0 Å². The maximum Gasteiger partial charge on any atom is 0.150 e. The lowest BCUT2D eigenvalue weighted by Crippen LogP contribution is -2.17. The first-order chi connectivity index (χ1) is 5.24. The molecule has 0 N–H and O–H groups in total. The number of halogens is 1. The van der Waals surface area contributed by atoms with Crippen LogP contribution in [0.3, 0.4) is 0 Å². The molecular weight excluding hydrogens is 160 g/mol. The number of rotatable bonds is 2. The van der Waals surface area contributed by atoms with Crippen molar-refractivity contribution in [1.29, 1.82) is 0 Å². The molecule has 0 radical (unpaired) electrons. The lowest BCUT2D eigenvalue weighted by molar-refractivity contribution is -0.120. The minimum absolute atomic E-state index is 0.178. The van der Waals surface area contributed by atoms with E-state index < -0.39 is 0 Å². The molecule has 0 spiro atoms. The van der Waals surface area contributed by atoms with Crippen molar-refractivity contribution in [2.75, 3.05) is 5.88 Å². The van der Waals surface area contributed by atoms with Crippen LogP contribution in [0, 0.1) is 5.92 Å². The molecule has 0 bridgehead atoms. The Labute approximate surface area is 72.4 Å². The summed E-state index contributed by atoms with van der Waals surface area (Å²) in [5, 5.41) is 0. The van der Waals surface area contributed by atoms with Crippen LogP contribution < -0.4 is 0 Å². The third-order valence-electron chi connectivity index (χ3n) is 2.23. The van der Waals surface area contributed by atoms with Gasteiger partial charge in [-0.05, 0) is 26.2 Å². The Hall–Kier alpha value is -0.300. The number of carbonyl (C=O) groups is 1. The van der Waals surface area contributed by atoms with Gasteiger partial charge in [-0.3, -0.25) is 4.79 Å². The van der Waals surface area contributed by atoms with Crippen molar-refractivity contribution in [3.05, 3.63) is 11.6 Å². The number of hydrogen-bond donors (Lipinski definition) is 0. The first-order valence-electron chi connectivity index (χ1n) is 3.98. The average molecular weight is 173 g/mol. The molecule has 1 unspecified atom stereocenters. The van der Waals surface area contributed by atoms with E-state index in [0.29, 0.717) is 0 Å². The van der Waals surface area contributed by atoms with Crippen molar-refractivity contribution in [3.63, 3.8) is 0 Å². The van der Waals surface area contributed by atoms with Gasteiger partial charge >= 0.3 is 0 Å². The van der Waals surface area contributed by atoms with Crippen LogP contribution in [0.25, 0.3) is 0 Å². The zero-order valence-corrected chi connectivity index (χ0v) is 7.53. The Morgan fingerprint density at radius 2 is 2.55 bits per heavy atom. The summed E-state index contributed by atoms with van der Waals surface area (Å²) >= 11 is 5.45. The standard InChI is InChI=1S/C9H13ClO/c1-7-2-4-8(5-3-7)9(11)6-10/h2,8H,3-6H2,1H3. The Bertz CT molecular complexity index is 184. The number of Topliss-reactive ketones (excluding diaryl/α,β-unsaturated/α-hetero) is 1. The van der Waals surface area contributed by atoms with Crippen LogP contribution in [0.4, 0.5) is 0 Å². The van der Waals surface area contributed by atoms with E-state index >= 15 is 0 Å². The highest BCUT2D eigenvalue weighted by molar-refractivity contribution is 6.27. The van der Waals surface area contributed by atoms with Gasteiger partial charge in [-0.25, -0.2) is 0 Å². The molecule has 11 heavy (non-hydrogen) atoms. The second-order valence-electron chi connectivity index (χ2n) is 3.12. The van der Waals surface area contributed by atoms with Crippen LogP contribution in [0.5, 0.6) is 0 Å². The number of hydrogen-bond acceptors (Lipinski definition) is 1. The highest BCUT2D eigenvalue weighted by Crippen LogP contribution is 2.23. The Morgan fingerprint density at radius 1 is 1.82 bits per heavy atom. The molecule has 1 atom stereocenters. The van der Waals surface area contributed by atoms with E-state index in [0.717, 1.165) is 19.3 Å². The van der Waals surface area contributed by atoms with E-state index in [-0.39, 0.29) is 17.6 Å². The first-order valence-corrected chi connectivity index (χ1v) is 4.52. The Morgan fingerprint density at radius 3 is 3.00 bits per heavy atom. The van der Waals surface area contributed by atoms with Gasteiger partial charge < -0.3 is 0 Å². The van der Waals surface area contributed by atoms with Crippen LogP contribution in [0.15, 0.2) is 11.6 Å². The molecule has 0 aromatic carbocycles. The van der Waals surface area contributed by atoms with Gasteiger partial charge in [0.1, 0.15) is 0 Å². The van der Waals surface area contributed by atoms with Crippen LogP contribution in [0.2, 0.25) is 0 Å². The van der Waals surface area contributed by atoms with Crippen molar-refractivity contribution >= 4 is 17.4 Å². The van der Waals surface area contributed by atoms with Crippen molar-refractivity contribution in [3.8, 4) is 0 Å². The Balaban J connectivity index is 2.47. The van der Waals surface area contributed by atoms with Crippen molar-refractivity contribution in [2.45, 2.75) is 26.2 Å². The number of alkyl halides is 1. The predicted octanol–water partition coefficient (Wildman–Crippen LogP) is 2.54. The number of allylic oxidation sites excluding steroid dienone is 2. The smallest absolute Gasteiger partial charge is 0.150 e. The van der Waals surface area contributed by atoms with E-state index in [2.05, 4.69) is 13.0 Å². The monoisotopic (exact) mass is 172 g/mol. The molecule has 2 heteroatoms. The largest absolute Gasteiger partial charge is 0.298 e. The van der Waals surface area contributed by atoms with E-state index in [1.165, 1.54) is 5.57 Å². The molecule has 0 aromatic rings. The second kappa shape index (κ2) is 3.91. The maximum absolute atomic E-state index is 11.1. The van der Waals surface area contributed by atoms with E-state index in [1.54, 1.807) is 0 Å². The van der Waals surface area contributed by atoms with E-state index in [9.17, 15) is 4.79 Å². The minimum atomic E-state index is 0.178. The van der Waals surface area contributed by atoms with Crippen LogP contribution >= 0.6 is 11.6 Å². The molecule has 0 saturated carbocycles. The molecule has 1 aliphatic rings. The summed E-state index contributed by atoms with van der Waals surface area (Å²) in [4.78, 5) is 11.1. The number of ketones is 1. The molecule has 0 aromatic heterocycles. The summed E-state index contributed by atoms with van der Waals surface area (Å²) in [5.74, 6) is 0.587. The summed E-state index contributed by atoms with van der Waals surface area (Å²) in [7, 11) is 0. The van der Waals surface area contributed by atoms with Crippen LogP contribution in [-0.4, -0.2) is 11.7 Å². The molecule has 0 heterocycles. The fourth-order valence-corrected chi connectivity index (χ4v) is 1.59. The number of carbonyl (C=O) groups excluding carboxylic acids is 1. The molecule has 1 aliphatic carbocycles. The van der Waals surface area contributed by atoms with Crippen LogP contribution in [-0.2, 0) is 4.79 Å². The fourth-order valence-electron chi connectivity index (χ4n) is 1.37. The molecule has 0 amide bonds. The molecular formula is C9H13ClO. The predicted molar refractivity (Wildman–Crippen MR) is 46.8 cm³/mol. The van der Waals surface area contributed by atoms with Gasteiger partial charge in [0, 0.05) is 5.92 Å². The van der Waals surface area contributed by atoms with Crippen molar-refractivity contribution in [2.24, 2.45) is 5.92 Å². The SMILES string of the molecule is CC1=CCC(C(=O)CCl)CC1. The summed E-state index contributed by atoms with van der Waals surface area (Å²) < 4.78 is 0. The molecule has 1 rings (SSSR count). The molecule has 0 saturated heterocycles. The van der Waals surface area contributed by atoms with E-state index in [4.69, 9.17) is 11.6 Å². The zero-order valence-electron chi connectivity index (χ0n) is 6.77.